The van der Waals surface area contributed by atoms with Gasteiger partial charge in [0.05, 0.1) is 35.0 Å². The predicted molar refractivity (Wildman–Crippen MR) is 99.3 cm³/mol. The van der Waals surface area contributed by atoms with E-state index in [4.69, 9.17) is 16.3 Å². The maximum absolute atomic E-state index is 12.5. The van der Waals surface area contributed by atoms with E-state index in [0.29, 0.717) is 10.5 Å². The molecule has 3 rings (SSSR count). The standard InChI is InChI=1S/C17H13ClN4O5/c1-27-15-5-3-11(22(25)26)7-14(15)20-16(23)8-21-9-19-13-4-2-10(18)6-12(13)17(21)24/h2-7,9H,8H2,1H3,(H,20,23). The zero-order chi connectivity index (χ0) is 19.6. The van der Waals surface area contributed by atoms with E-state index in [1.165, 1.54) is 37.7 Å². The van der Waals surface area contributed by atoms with E-state index >= 15 is 0 Å². The monoisotopic (exact) mass is 388 g/mol. The van der Waals surface area contributed by atoms with Crippen molar-refractivity contribution in [2.75, 3.05) is 12.4 Å². The van der Waals surface area contributed by atoms with E-state index in [2.05, 4.69) is 10.3 Å². The molecular formula is C17H13ClN4O5. The zero-order valence-electron chi connectivity index (χ0n) is 14.0. The minimum atomic E-state index is -0.587. The minimum Gasteiger partial charge on any atom is -0.495 e. The Morgan fingerprint density at radius 2 is 2.11 bits per heavy atom. The number of benzene rings is 2. The van der Waals surface area contributed by atoms with E-state index < -0.39 is 16.4 Å². The number of nitro benzene ring substituents is 1. The molecule has 0 atom stereocenters. The van der Waals surface area contributed by atoms with Gasteiger partial charge in [-0.3, -0.25) is 24.3 Å². The van der Waals surface area contributed by atoms with Crippen LogP contribution in [0.25, 0.3) is 10.9 Å². The van der Waals surface area contributed by atoms with E-state index in [1.54, 1.807) is 12.1 Å². The number of carbonyl (C=O) groups is 1. The second-order valence-corrected chi connectivity index (χ2v) is 5.97. The van der Waals surface area contributed by atoms with Gasteiger partial charge in [-0.15, -0.1) is 0 Å². The molecule has 2 aromatic carbocycles. The number of hydrogen-bond donors (Lipinski definition) is 1. The first-order chi connectivity index (χ1) is 12.9. The smallest absolute Gasteiger partial charge is 0.271 e. The predicted octanol–water partition coefficient (Wildman–Crippen LogP) is 2.61. The van der Waals surface area contributed by atoms with Crippen LogP contribution in [0.2, 0.25) is 5.02 Å². The SMILES string of the molecule is COc1ccc([N+](=O)[O-])cc1NC(=O)Cn1cnc2ccc(Cl)cc2c1=O. The van der Waals surface area contributed by atoms with Gasteiger partial charge >= 0.3 is 0 Å². The van der Waals surface area contributed by atoms with Gasteiger partial charge in [0.1, 0.15) is 12.3 Å². The molecule has 3 aromatic rings. The van der Waals surface area contributed by atoms with Gasteiger partial charge in [0.2, 0.25) is 5.91 Å². The molecule has 0 aliphatic carbocycles. The molecule has 1 heterocycles. The average Bonchev–Trinajstić information content (AvgIpc) is 2.64. The number of non-ortho nitro benzene ring substituents is 1. The summed E-state index contributed by atoms with van der Waals surface area (Å²) in [6.07, 6.45) is 1.25. The highest BCUT2D eigenvalue weighted by Crippen LogP contribution is 2.28. The summed E-state index contributed by atoms with van der Waals surface area (Å²) in [5.41, 5.74) is -0.0445. The van der Waals surface area contributed by atoms with Gasteiger partial charge in [-0.2, -0.15) is 0 Å². The Morgan fingerprint density at radius 1 is 1.33 bits per heavy atom. The first kappa shape index (κ1) is 18.3. The number of nitrogens with one attached hydrogen (secondary N) is 1. The third-order valence-electron chi connectivity index (χ3n) is 3.77. The third kappa shape index (κ3) is 3.87. The van der Waals surface area contributed by atoms with E-state index in [1.807, 2.05) is 0 Å². The van der Waals surface area contributed by atoms with Gasteiger partial charge in [-0.05, 0) is 24.3 Å². The highest BCUT2D eigenvalue weighted by Gasteiger charge is 2.15. The Hall–Kier alpha value is -3.46. The van der Waals surface area contributed by atoms with Crippen molar-refractivity contribution in [2.45, 2.75) is 6.54 Å². The Morgan fingerprint density at radius 3 is 2.81 bits per heavy atom. The van der Waals surface area contributed by atoms with Crippen LogP contribution in [0.1, 0.15) is 0 Å². The van der Waals surface area contributed by atoms with Crippen LogP contribution >= 0.6 is 11.6 Å². The van der Waals surface area contributed by atoms with E-state index in [0.717, 1.165) is 4.57 Å². The number of amides is 1. The number of rotatable bonds is 5. The Bertz CT molecular complexity index is 1110. The molecule has 0 bridgehead atoms. The Balaban J connectivity index is 1.87. The molecule has 0 saturated heterocycles. The van der Waals surface area contributed by atoms with E-state index in [9.17, 15) is 19.7 Å². The summed E-state index contributed by atoms with van der Waals surface area (Å²) in [4.78, 5) is 39.3. The van der Waals surface area contributed by atoms with Crippen LogP contribution in [0.15, 0.2) is 47.5 Å². The van der Waals surface area contributed by atoms with Crippen molar-refractivity contribution in [1.82, 2.24) is 9.55 Å². The maximum Gasteiger partial charge on any atom is 0.271 e. The Labute approximate surface area is 157 Å². The first-order valence-electron chi connectivity index (χ1n) is 7.66. The molecule has 0 spiro atoms. The number of nitrogens with zero attached hydrogens (tertiary/aromatic N) is 3. The van der Waals surface area contributed by atoms with Crippen LogP contribution in [0.4, 0.5) is 11.4 Å². The van der Waals surface area contributed by atoms with Crippen molar-refractivity contribution in [3.63, 3.8) is 0 Å². The van der Waals surface area contributed by atoms with Gasteiger partial charge in [-0.25, -0.2) is 4.98 Å². The summed E-state index contributed by atoms with van der Waals surface area (Å²) in [6, 6.07) is 8.51. The fraction of sp³-hybridized carbons (Fsp3) is 0.118. The van der Waals surface area contributed by atoms with Crippen molar-refractivity contribution < 1.29 is 14.5 Å². The maximum atomic E-state index is 12.5. The lowest BCUT2D eigenvalue weighted by Crippen LogP contribution is -2.28. The van der Waals surface area contributed by atoms with Gasteiger partial charge in [0.15, 0.2) is 0 Å². The Kier molecular flexibility index (Phi) is 5.04. The molecule has 1 N–H and O–H groups in total. The summed E-state index contributed by atoms with van der Waals surface area (Å²) in [5, 5.41) is 14.1. The molecule has 1 aromatic heterocycles. The van der Waals surface area contributed by atoms with Crippen molar-refractivity contribution in [1.29, 1.82) is 0 Å². The molecule has 0 aliphatic rings. The molecule has 0 radical (unpaired) electrons. The van der Waals surface area contributed by atoms with Crippen LogP contribution < -0.4 is 15.6 Å². The molecule has 0 unspecified atom stereocenters. The van der Waals surface area contributed by atoms with Gasteiger partial charge in [0.25, 0.3) is 11.2 Å². The zero-order valence-corrected chi connectivity index (χ0v) is 14.8. The topological polar surface area (TPSA) is 116 Å². The molecule has 9 nitrogen and oxygen atoms in total. The molecule has 138 valence electrons. The van der Waals surface area contributed by atoms with Crippen molar-refractivity contribution >= 4 is 39.8 Å². The molecule has 10 heteroatoms. The first-order valence-corrected chi connectivity index (χ1v) is 8.04. The lowest BCUT2D eigenvalue weighted by atomic mass is 10.2. The molecular weight excluding hydrogens is 376 g/mol. The fourth-order valence-electron chi connectivity index (χ4n) is 2.50. The summed E-state index contributed by atoms with van der Waals surface area (Å²) >= 11 is 5.91. The van der Waals surface area contributed by atoms with Crippen molar-refractivity contribution in [2.24, 2.45) is 0 Å². The number of halogens is 1. The van der Waals surface area contributed by atoms with Gasteiger partial charge < -0.3 is 10.1 Å². The van der Waals surface area contributed by atoms with Crippen molar-refractivity contribution in [3.05, 3.63) is 68.2 Å². The lowest BCUT2D eigenvalue weighted by Gasteiger charge is -2.11. The summed E-state index contributed by atoms with van der Waals surface area (Å²) in [6.45, 7) is -0.333. The number of ether oxygens (including phenoxy) is 1. The number of nitro groups is 1. The van der Waals surface area contributed by atoms with Gasteiger partial charge in [0, 0.05) is 17.2 Å². The van der Waals surface area contributed by atoms with Crippen LogP contribution in [0.5, 0.6) is 5.75 Å². The van der Waals surface area contributed by atoms with Crippen LogP contribution in [0, 0.1) is 10.1 Å². The quantitative estimate of drug-likeness (QED) is 0.530. The second-order valence-electron chi connectivity index (χ2n) is 5.53. The molecule has 0 aliphatic heterocycles. The molecule has 1 amide bonds. The highest BCUT2D eigenvalue weighted by atomic mass is 35.5. The van der Waals surface area contributed by atoms with Gasteiger partial charge in [-0.1, -0.05) is 11.6 Å². The highest BCUT2D eigenvalue weighted by molar-refractivity contribution is 6.31. The van der Waals surface area contributed by atoms with Crippen molar-refractivity contribution in [3.8, 4) is 5.75 Å². The number of carbonyl (C=O) groups excluding carboxylic acids is 1. The largest absolute Gasteiger partial charge is 0.495 e. The fourth-order valence-corrected chi connectivity index (χ4v) is 2.67. The number of fused-ring (bicyclic) bond motifs is 1. The molecule has 0 saturated carbocycles. The van der Waals surface area contributed by atoms with E-state index in [-0.39, 0.29) is 29.1 Å². The number of hydrogen-bond acceptors (Lipinski definition) is 6. The number of anilines is 1. The van der Waals surface area contributed by atoms with Crippen LogP contribution in [-0.2, 0) is 11.3 Å². The van der Waals surface area contributed by atoms with Crippen LogP contribution in [0.3, 0.4) is 0 Å². The lowest BCUT2D eigenvalue weighted by molar-refractivity contribution is -0.384. The normalized spacial score (nSPS) is 10.6. The number of methoxy groups -OCH3 is 1. The van der Waals surface area contributed by atoms with Crippen LogP contribution in [-0.4, -0.2) is 27.5 Å². The summed E-state index contributed by atoms with van der Waals surface area (Å²) < 4.78 is 6.22. The summed E-state index contributed by atoms with van der Waals surface area (Å²) in [7, 11) is 1.37. The summed E-state index contributed by atoms with van der Waals surface area (Å²) in [5.74, 6) is -0.316. The molecule has 0 fully saturated rings. The second kappa shape index (κ2) is 7.42. The molecule has 27 heavy (non-hydrogen) atoms. The average molecular weight is 389 g/mol. The number of aromatic nitrogens is 2. The minimum absolute atomic E-state index is 0.126. The third-order valence-corrected chi connectivity index (χ3v) is 4.00.